The number of carbonyl (C=O) groups excluding carboxylic acids is 4. The van der Waals surface area contributed by atoms with Crippen LogP contribution in [0.2, 0.25) is 0 Å². The zero-order chi connectivity index (χ0) is 23.2. The minimum absolute atomic E-state index is 0.0295. The van der Waals surface area contributed by atoms with Gasteiger partial charge in [-0.2, -0.15) is 0 Å². The van der Waals surface area contributed by atoms with Gasteiger partial charge in [-0.1, -0.05) is 31.2 Å². The molecule has 0 spiro atoms. The highest BCUT2D eigenvalue weighted by Gasteiger charge is 2.35. The van der Waals surface area contributed by atoms with E-state index in [0.29, 0.717) is 43.8 Å². The molecule has 0 aromatic heterocycles. The summed E-state index contributed by atoms with van der Waals surface area (Å²) >= 11 is 0. The van der Waals surface area contributed by atoms with Gasteiger partial charge in [0.25, 0.3) is 0 Å². The average Bonchev–Trinajstić information content (AvgIpc) is 3.28. The number of hydrogen-bond acceptors (Lipinski definition) is 6. The summed E-state index contributed by atoms with van der Waals surface area (Å²) in [5.41, 5.74) is 0. The van der Waals surface area contributed by atoms with E-state index in [1.807, 2.05) is 13.0 Å². The SMILES string of the molecule is C/C=C\CC1CC(=O)CC1CC(=O)OC.CC/C=C\CC1C(=O)CCC1CC(=O)OC. The van der Waals surface area contributed by atoms with Crippen LogP contribution in [0.3, 0.4) is 0 Å². The molecule has 6 nitrogen and oxygen atoms in total. The number of methoxy groups -OCH3 is 2. The lowest BCUT2D eigenvalue weighted by Gasteiger charge is -2.15. The van der Waals surface area contributed by atoms with Crippen molar-refractivity contribution in [3.05, 3.63) is 24.3 Å². The number of esters is 2. The van der Waals surface area contributed by atoms with Crippen LogP contribution in [0.4, 0.5) is 0 Å². The van der Waals surface area contributed by atoms with Crippen molar-refractivity contribution in [3.8, 4) is 0 Å². The molecule has 4 atom stereocenters. The third-order valence-corrected chi connectivity index (χ3v) is 6.17. The summed E-state index contributed by atoms with van der Waals surface area (Å²) in [7, 11) is 2.78. The molecule has 6 heteroatoms. The molecule has 0 aliphatic heterocycles. The number of allylic oxidation sites excluding steroid dienone is 4. The topological polar surface area (TPSA) is 86.7 Å². The maximum Gasteiger partial charge on any atom is 0.305 e. The quantitative estimate of drug-likeness (QED) is 0.389. The van der Waals surface area contributed by atoms with Gasteiger partial charge in [-0.25, -0.2) is 0 Å². The lowest BCUT2D eigenvalue weighted by Crippen LogP contribution is -2.18. The normalized spacial score (nSPS) is 25.7. The number of carbonyl (C=O) groups is 4. The third-order valence-electron chi connectivity index (χ3n) is 6.17. The highest BCUT2D eigenvalue weighted by atomic mass is 16.5. The molecule has 31 heavy (non-hydrogen) atoms. The zero-order valence-electron chi connectivity index (χ0n) is 19.4. The van der Waals surface area contributed by atoms with Crippen LogP contribution >= 0.6 is 0 Å². The van der Waals surface area contributed by atoms with E-state index in [0.717, 1.165) is 25.7 Å². The van der Waals surface area contributed by atoms with Crippen molar-refractivity contribution in [2.45, 2.75) is 71.6 Å². The predicted molar refractivity (Wildman–Crippen MR) is 119 cm³/mol. The van der Waals surface area contributed by atoms with Gasteiger partial charge in [-0.15, -0.1) is 0 Å². The van der Waals surface area contributed by atoms with Crippen LogP contribution < -0.4 is 0 Å². The molecule has 0 aromatic carbocycles. The molecule has 0 aromatic rings. The van der Waals surface area contributed by atoms with E-state index in [9.17, 15) is 19.2 Å². The Morgan fingerprint density at radius 1 is 0.903 bits per heavy atom. The van der Waals surface area contributed by atoms with Crippen molar-refractivity contribution in [3.63, 3.8) is 0 Å². The first kappa shape index (κ1) is 26.8. The Hall–Kier alpha value is -2.24. The van der Waals surface area contributed by atoms with Crippen molar-refractivity contribution in [1.29, 1.82) is 0 Å². The lowest BCUT2D eigenvalue weighted by atomic mass is 9.89. The minimum atomic E-state index is -0.208. The first-order valence-corrected chi connectivity index (χ1v) is 11.3. The minimum Gasteiger partial charge on any atom is -0.469 e. The fraction of sp³-hybridized carbons (Fsp3) is 0.680. The maximum absolute atomic E-state index is 11.7. The number of rotatable bonds is 9. The zero-order valence-corrected chi connectivity index (χ0v) is 19.4. The Labute approximate surface area is 186 Å². The largest absolute Gasteiger partial charge is 0.469 e. The molecule has 2 aliphatic rings. The fourth-order valence-corrected chi connectivity index (χ4v) is 4.38. The fourth-order valence-electron chi connectivity index (χ4n) is 4.38. The molecule has 0 bridgehead atoms. The summed E-state index contributed by atoms with van der Waals surface area (Å²) in [5.74, 6) is 0.884. The van der Waals surface area contributed by atoms with Gasteiger partial charge in [0.1, 0.15) is 11.6 Å². The molecule has 174 valence electrons. The highest BCUT2D eigenvalue weighted by Crippen LogP contribution is 2.35. The van der Waals surface area contributed by atoms with Gasteiger partial charge in [0.2, 0.25) is 0 Å². The molecular formula is C25H38O6. The van der Waals surface area contributed by atoms with Gasteiger partial charge in [-0.05, 0) is 50.4 Å². The number of ether oxygens (including phenoxy) is 2. The molecule has 2 saturated carbocycles. The molecule has 0 amide bonds. The Balaban J connectivity index is 0.000000311. The molecule has 2 rings (SSSR count). The monoisotopic (exact) mass is 434 g/mol. The van der Waals surface area contributed by atoms with Gasteiger partial charge in [0.15, 0.2) is 0 Å². The van der Waals surface area contributed by atoms with Crippen molar-refractivity contribution < 1.29 is 28.7 Å². The summed E-state index contributed by atoms with van der Waals surface area (Å²) in [6, 6.07) is 0. The second-order valence-corrected chi connectivity index (χ2v) is 8.32. The summed E-state index contributed by atoms with van der Waals surface area (Å²) in [6.45, 7) is 4.03. The smallest absolute Gasteiger partial charge is 0.305 e. The molecule has 0 heterocycles. The van der Waals surface area contributed by atoms with Crippen LogP contribution in [0.15, 0.2) is 24.3 Å². The van der Waals surface area contributed by atoms with E-state index in [4.69, 9.17) is 0 Å². The Kier molecular flexibility index (Phi) is 12.7. The second-order valence-electron chi connectivity index (χ2n) is 8.32. The van der Waals surface area contributed by atoms with Crippen LogP contribution in [0.5, 0.6) is 0 Å². The van der Waals surface area contributed by atoms with Crippen molar-refractivity contribution >= 4 is 23.5 Å². The van der Waals surface area contributed by atoms with Gasteiger partial charge in [0, 0.05) is 38.0 Å². The molecule has 2 fully saturated rings. The number of hydrogen-bond donors (Lipinski definition) is 0. The predicted octanol–water partition coefficient (Wildman–Crippen LogP) is 4.61. The second kappa shape index (κ2) is 14.7. The summed E-state index contributed by atoms with van der Waals surface area (Å²) in [6.07, 6.45) is 14.2. The summed E-state index contributed by atoms with van der Waals surface area (Å²) in [5, 5.41) is 0. The number of ketones is 2. The molecular weight excluding hydrogens is 396 g/mol. The summed E-state index contributed by atoms with van der Waals surface area (Å²) in [4.78, 5) is 45.3. The first-order valence-electron chi connectivity index (χ1n) is 11.3. The standard InChI is InChI=1S/C13H20O3.C12H18O3/c1-3-4-5-6-11-10(7-8-12(11)14)9-13(15)16-2;1-3-4-5-9-6-11(13)7-10(9)8-12(14)15-2/h4-5,10-11H,3,6-9H2,1-2H3;3-4,9-10H,5-8H2,1-2H3/b5-4-;4-3-. The Morgan fingerprint density at radius 3 is 2.10 bits per heavy atom. The van der Waals surface area contributed by atoms with Crippen LogP contribution in [0.1, 0.15) is 71.6 Å². The van der Waals surface area contributed by atoms with Crippen LogP contribution in [0, 0.1) is 23.7 Å². The van der Waals surface area contributed by atoms with Crippen molar-refractivity contribution in [2.75, 3.05) is 14.2 Å². The summed E-state index contributed by atoms with van der Waals surface area (Å²) < 4.78 is 9.29. The van der Waals surface area contributed by atoms with Gasteiger partial charge in [0.05, 0.1) is 14.2 Å². The Morgan fingerprint density at radius 2 is 1.52 bits per heavy atom. The molecule has 0 N–H and O–H groups in total. The molecule has 2 aliphatic carbocycles. The lowest BCUT2D eigenvalue weighted by molar-refractivity contribution is -0.143. The first-order chi connectivity index (χ1) is 14.9. The van der Waals surface area contributed by atoms with Crippen LogP contribution in [-0.2, 0) is 28.7 Å². The Bertz CT molecular complexity index is 663. The van der Waals surface area contributed by atoms with E-state index in [2.05, 4.69) is 34.6 Å². The maximum atomic E-state index is 11.7. The average molecular weight is 435 g/mol. The van der Waals surface area contributed by atoms with Crippen molar-refractivity contribution in [2.24, 2.45) is 23.7 Å². The van der Waals surface area contributed by atoms with E-state index >= 15 is 0 Å². The van der Waals surface area contributed by atoms with Gasteiger partial charge < -0.3 is 9.47 Å². The molecule has 0 saturated heterocycles. The molecule has 0 radical (unpaired) electrons. The van der Waals surface area contributed by atoms with E-state index in [1.165, 1.54) is 14.2 Å². The molecule has 4 unspecified atom stereocenters. The van der Waals surface area contributed by atoms with Gasteiger partial charge >= 0.3 is 11.9 Å². The highest BCUT2D eigenvalue weighted by molar-refractivity contribution is 5.84. The van der Waals surface area contributed by atoms with E-state index in [1.54, 1.807) is 0 Å². The van der Waals surface area contributed by atoms with Crippen molar-refractivity contribution in [1.82, 2.24) is 0 Å². The third kappa shape index (κ3) is 9.62. The van der Waals surface area contributed by atoms with E-state index in [-0.39, 0.29) is 35.5 Å². The van der Waals surface area contributed by atoms with E-state index < -0.39 is 0 Å². The number of Topliss-reactive ketones (excluding diaryl/α,β-unsaturated/α-hetero) is 2. The van der Waals surface area contributed by atoms with Gasteiger partial charge in [-0.3, -0.25) is 19.2 Å². The van der Waals surface area contributed by atoms with Crippen LogP contribution in [0.25, 0.3) is 0 Å². The van der Waals surface area contributed by atoms with Crippen LogP contribution in [-0.4, -0.2) is 37.7 Å².